The smallest absolute Gasteiger partial charge is 0.328 e. The van der Waals surface area contributed by atoms with E-state index in [0.717, 1.165) is 5.56 Å². The van der Waals surface area contributed by atoms with Crippen molar-refractivity contribution in [1.29, 1.82) is 0 Å². The summed E-state index contributed by atoms with van der Waals surface area (Å²) in [7, 11) is 1.21. The molecule has 0 radical (unpaired) electrons. The first kappa shape index (κ1) is 29.3. The Balaban J connectivity index is 1.79. The number of carbonyl (C=O) groups excluding carboxylic acids is 3. The van der Waals surface area contributed by atoms with Crippen LogP contribution in [0.3, 0.4) is 0 Å². The number of nitrogens with one attached hydrogen (secondary N) is 1. The first-order valence-electron chi connectivity index (χ1n) is 13.4. The average molecular weight is 560 g/mol. The molecule has 3 aromatic carbocycles. The molecule has 0 fully saturated rings. The molecule has 2 aliphatic rings. The summed E-state index contributed by atoms with van der Waals surface area (Å²) in [6.07, 6.45) is 0.758. The Morgan fingerprint density at radius 1 is 1.07 bits per heavy atom. The normalized spacial score (nSPS) is 17.6. The lowest BCUT2D eigenvalue weighted by atomic mass is 9.99. The summed E-state index contributed by atoms with van der Waals surface area (Å²) in [6.45, 7) is 3.69. The van der Waals surface area contributed by atoms with Gasteiger partial charge in [-0.3, -0.25) is 19.7 Å². The fourth-order valence-electron chi connectivity index (χ4n) is 5.04. The summed E-state index contributed by atoms with van der Waals surface area (Å²) < 4.78 is 10.8. The molecule has 2 unspecified atom stereocenters. The fraction of sp³-hybridized carbons (Fsp3) is 0.323. The number of carbonyl (C=O) groups is 3. The molecule has 4 bridgehead atoms. The van der Waals surface area contributed by atoms with Gasteiger partial charge in [-0.25, -0.2) is 4.79 Å². The molecule has 1 N–H and O–H groups in total. The Bertz CT molecular complexity index is 1420. The highest BCUT2D eigenvalue weighted by atomic mass is 16.6. The first-order chi connectivity index (χ1) is 19.7. The fourth-order valence-corrected chi connectivity index (χ4v) is 5.04. The molecule has 0 aromatic heterocycles. The highest BCUT2D eigenvalue weighted by Gasteiger charge is 2.34. The van der Waals surface area contributed by atoms with E-state index in [-0.39, 0.29) is 36.2 Å². The van der Waals surface area contributed by atoms with Crippen molar-refractivity contribution in [2.24, 2.45) is 0 Å². The number of ether oxygens (including phenoxy) is 2. The third-order valence-corrected chi connectivity index (χ3v) is 6.98. The van der Waals surface area contributed by atoms with Crippen molar-refractivity contribution >= 4 is 23.5 Å². The molecule has 2 heterocycles. The van der Waals surface area contributed by atoms with Gasteiger partial charge in [-0.2, -0.15) is 0 Å². The van der Waals surface area contributed by atoms with Crippen molar-refractivity contribution in [1.82, 2.24) is 10.2 Å². The summed E-state index contributed by atoms with van der Waals surface area (Å²) in [5.41, 5.74) is 1.76. The summed E-state index contributed by atoms with van der Waals surface area (Å²) in [5, 5.41) is 14.7. The molecule has 0 saturated carbocycles. The van der Waals surface area contributed by atoms with Gasteiger partial charge < -0.3 is 19.7 Å². The van der Waals surface area contributed by atoms with Gasteiger partial charge in [0, 0.05) is 18.5 Å². The highest BCUT2D eigenvalue weighted by Crippen LogP contribution is 2.33. The Morgan fingerprint density at radius 2 is 1.83 bits per heavy atom. The van der Waals surface area contributed by atoms with Crippen molar-refractivity contribution in [2.45, 2.75) is 57.7 Å². The van der Waals surface area contributed by atoms with Gasteiger partial charge in [0.05, 0.1) is 18.5 Å². The monoisotopic (exact) mass is 559 g/mol. The number of methoxy groups -OCH3 is 1. The average Bonchev–Trinajstić information content (AvgIpc) is 2.94. The molecule has 2 atom stereocenters. The number of benzene rings is 3. The summed E-state index contributed by atoms with van der Waals surface area (Å²) in [6, 6.07) is 18.4. The van der Waals surface area contributed by atoms with Gasteiger partial charge in [-0.15, -0.1) is 0 Å². The number of fused-ring (bicyclic) bond motifs is 9. The number of hydrogen-bond donors (Lipinski definition) is 1. The van der Waals surface area contributed by atoms with E-state index in [4.69, 9.17) is 9.47 Å². The van der Waals surface area contributed by atoms with Crippen LogP contribution in [0.1, 0.15) is 37.0 Å². The molecule has 0 aliphatic carbocycles. The Morgan fingerprint density at radius 3 is 2.51 bits per heavy atom. The molecule has 0 saturated heterocycles. The number of nitro benzene ring substituents is 1. The van der Waals surface area contributed by atoms with E-state index < -0.39 is 28.9 Å². The van der Waals surface area contributed by atoms with Crippen molar-refractivity contribution in [3.05, 3.63) is 99.6 Å². The van der Waals surface area contributed by atoms with E-state index in [1.165, 1.54) is 19.2 Å². The van der Waals surface area contributed by atoms with Gasteiger partial charge in [0.25, 0.3) is 0 Å². The first-order valence-corrected chi connectivity index (χ1v) is 13.4. The van der Waals surface area contributed by atoms with Gasteiger partial charge in [0.1, 0.15) is 17.8 Å². The molecule has 5 rings (SSSR count). The van der Waals surface area contributed by atoms with Gasteiger partial charge in [-0.05, 0) is 61.6 Å². The minimum Gasteiger partial charge on any atom is -0.467 e. The molecule has 10 heteroatoms. The van der Waals surface area contributed by atoms with E-state index in [9.17, 15) is 24.5 Å². The lowest BCUT2D eigenvalue weighted by Gasteiger charge is -2.35. The molecule has 3 aromatic rings. The van der Waals surface area contributed by atoms with Crippen LogP contribution in [0.5, 0.6) is 11.5 Å². The maximum absolute atomic E-state index is 13.9. The van der Waals surface area contributed by atoms with Gasteiger partial charge in [0.2, 0.25) is 17.6 Å². The number of aryl methyl sites for hydroxylation is 1. The topological polar surface area (TPSA) is 128 Å². The molecule has 0 spiro atoms. The second-order valence-corrected chi connectivity index (χ2v) is 10.2. The largest absolute Gasteiger partial charge is 0.467 e. The zero-order valence-electron chi connectivity index (χ0n) is 23.2. The lowest BCUT2D eigenvalue weighted by Crippen LogP contribution is -2.56. The van der Waals surface area contributed by atoms with Crippen molar-refractivity contribution in [2.75, 3.05) is 7.11 Å². The minimum absolute atomic E-state index is 0.0118. The quantitative estimate of drug-likeness (QED) is 0.270. The summed E-state index contributed by atoms with van der Waals surface area (Å²) >= 11 is 0. The number of nitro groups is 1. The van der Waals surface area contributed by atoms with Gasteiger partial charge in [-0.1, -0.05) is 48.5 Å². The molecule has 214 valence electrons. The highest BCUT2D eigenvalue weighted by molar-refractivity contribution is 5.91. The van der Waals surface area contributed by atoms with Crippen LogP contribution in [0, 0.1) is 10.1 Å². The van der Waals surface area contributed by atoms with Crippen LogP contribution >= 0.6 is 0 Å². The van der Waals surface area contributed by atoms with Crippen molar-refractivity contribution in [3.8, 4) is 11.5 Å². The van der Waals surface area contributed by atoms with Gasteiger partial charge in [0.15, 0.2) is 0 Å². The maximum atomic E-state index is 13.9. The zero-order chi connectivity index (χ0) is 29.5. The van der Waals surface area contributed by atoms with E-state index >= 15 is 0 Å². The zero-order valence-corrected chi connectivity index (χ0v) is 23.2. The molecule has 2 aliphatic heterocycles. The number of amides is 2. The van der Waals surface area contributed by atoms with Crippen LogP contribution in [0.15, 0.2) is 72.8 Å². The van der Waals surface area contributed by atoms with Crippen LogP contribution < -0.4 is 10.1 Å². The minimum atomic E-state index is -1.14. The third kappa shape index (κ3) is 7.27. The summed E-state index contributed by atoms with van der Waals surface area (Å²) in [4.78, 5) is 53.3. The van der Waals surface area contributed by atoms with E-state index in [0.29, 0.717) is 29.7 Å². The second kappa shape index (κ2) is 13.1. The summed E-state index contributed by atoms with van der Waals surface area (Å²) in [5.74, 6) is -1.14. The molecular weight excluding hydrogens is 526 g/mol. The van der Waals surface area contributed by atoms with Crippen LogP contribution in [-0.4, -0.2) is 52.8 Å². The van der Waals surface area contributed by atoms with Gasteiger partial charge >= 0.3 is 11.7 Å². The number of nitrogens with zero attached hydrogens (tertiary/aromatic N) is 2. The third-order valence-electron chi connectivity index (χ3n) is 6.98. The number of esters is 1. The van der Waals surface area contributed by atoms with Crippen molar-refractivity contribution < 1.29 is 28.8 Å². The number of rotatable bonds is 6. The van der Waals surface area contributed by atoms with E-state index in [1.54, 1.807) is 35.2 Å². The standard InChI is InChI=1S/C31H33N3O7/c1-20(2)33-26(14-12-21-8-5-4-6-9-21)30(36)32-25(31(37)40-3)17-23-13-15-28(27(18-23)34(38)39)41-24-11-7-10-22(16-24)19-29(33)35/h4-11,13,15-16,18,20,25-26H,12,14,17,19H2,1-3H3,(H,32,36). The Labute approximate surface area is 238 Å². The Hall–Kier alpha value is -4.73. The maximum Gasteiger partial charge on any atom is 0.328 e. The lowest BCUT2D eigenvalue weighted by molar-refractivity contribution is -0.385. The SMILES string of the molecule is COC(=O)C1Cc2ccc(c([N+](=O)[O-])c2)Oc2cccc(c2)CC(=O)N(C(C)C)C(CCc2ccccc2)C(=O)N1. The van der Waals surface area contributed by atoms with Crippen LogP contribution in [-0.2, 0) is 38.4 Å². The molecule has 2 amide bonds. The van der Waals surface area contributed by atoms with Crippen LogP contribution in [0.2, 0.25) is 0 Å². The van der Waals surface area contributed by atoms with E-state index in [2.05, 4.69) is 5.32 Å². The Kier molecular flexibility index (Phi) is 9.34. The van der Waals surface area contributed by atoms with Crippen molar-refractivity contribution in [3.63, 3.8) is 0 Å². The second-order valence-electron chi connectivity index (χ2n) is 10.2. The van der Waals surface area contributed by atoms with Crippen LogP contribution in [0.4, 0.5) is 5.69 Å². The molecule has 41 heavy (non-hydrogen) atoms. The number of hydrogen-bond acceptors (Lipinski definition) is 7. The molecule has 10 nitrogen and oxygen atoms in total. The molecular formula is C31H33N3O7. The predicted octanol–water partition coefficient (Wildman–Crippen LogP) is 4.38. The van der Waals surface area contributed by atoms with E-state index in [1.807, 2.05) is 44.2 Å². The van der Waals surface area contributed by atoms with Crippen LogP contribution in [0.25, 0.3) is 0 Å². The predicted molar refractivity (Wildman–Crippen MR) is 152 cm³/mol.